The topological polar surface area (TPSA) is 106 Å². The van der Waals surface area contributed by atoms with Crippen LogP contribution in [0.15, 0.2) is 41.3 Å². The van der Waals surface area contributed by atoms with E-state index in [1.165, 1.54) is 29.6 Å². The number of nitrogens with one attached hydrogen (secondary N) is 2. The number of anilines is 1. The maximum absolute atomic E-state index is 12.8. The van der Waals surface area contributed by atoms with Crippen molar-refractivity contribution < 1.29 is 27.4 Å². The first kappa shape index (κ1) is 23.1. The first-order valence-corrected chi connectivity index (χ1v) is 11.3. The number of amides is 2. The number of carbonyl (C=O) groups excluding carboxylic acids is 1. The minimum absolute atomic E-state index is 0.0500. The highest BCUT2D eigenvalue weighted by Crippen LogP contribution is 2.28. The molecule has 2 aromatic rings. The monoisotopic (exact) mass is 469 g/mol. The van der Waals surface area contributed by atoms with Gasteiger partial charge in [0, 0.05) is 19.6 Å². The Labute approximate surface area is 186 Å². The van der Waals surface area contributed by atoms with Crippen LogP contribution >= 0.6 is 11.6 Å². The Bertz CT molecular complexity index is 1040. The van der Waals surface area contributed by atoms with E-state index in [0.29, 0.717) is 24.7 Å². The maximum Gasteiger partial charge on any atom is 0.319 e. The van der Waals surface area contributed by atoms with Crippen LogP contribution in [0.2, 0.25) is 5.02 Å². The molecule has 1 heterocycles. The van der Waals surface area contributed by atoms with Crippen LogP contribution in [0.4, 0.5) is 10.5 Å². The molecule has 2 amide bonds. The molecule has 11 heteroatoms. The number of urea groups is 1. The summed E-state index contributed by atoms with van der Waals surface area (Å²) < 4.78 is 42.7. The summed E-state index contributed by atoms with van der Waals surface area (Å²) in [5.74, 6) is 1.13. The lowest BCUT2D eigenvalue weighted by atomic mass is 10.2. The van der Waals surface area contributed by atoms with Crippen LogP contribution in [0.25, 0.3) is 0 Å². The van der Waals surface area contributed by atoms with E-state index in [1.54, 1.807) is 25.3 Å². The molecule has 31 heavy (non-hydrogen) atoms. The summed E-state index contributed by atoms with van der Waals surface area (Å²) in [5, 5.41) is 5.53. The average Bonchev–Trinajstić information content (AvgIpc) is 2.79. The van der Waals surface area contributed by atoms with Crippen LogP contribution in [-0.4, -0.2) is 59.3 Å². The average molecular weight is 470 g/mol. The van der Waals surface area contributed by atoms with Crippen molar-refractivity contribution in [1.82, 2.24) is 9.62 Å². The molecule has 9 nitrogen and oxygen atoms in total. The van der Waals surface area contributed by atoms with Gasteiger partial charge in [0.15, 0.2) is 11.5 Å². The summed E-state index contributed by atoms with van der Waals surface area (Å²) in [5.41, 5.74) is 0.989. The second-order valence-corrected chi connectivity index (χ2v) is 9.00. The SMILES string of the molecule is COc1ccc(CNC(=O)Nc2cc(S(=O)(=O)N3CCOCC3)ccc2Cl)cc1OC. The number of hydrogen-bond acceptors (Lipinski definition) is 6. The van der Waals surface area contributed by atoms with Gasteiger partial charge in [-0.15, -0.1) is 0 Å². The van der Waals surface area contributed by atoms with Crippen LogP contribution in [0.1, 0.15) is 5.56 Å². The molecule has 1 fully saturated rings. The second kappa shape index (κ2) is 10.2. The largest absolute Gasteiger partial charge is 0.493 e. The summed E-state index contributed by atoms with van der Waals surface area (Å²) in [4.78, 5) is 12.4. The van der Waals surface area contributed by atoms with Gasteiger partial charge in [-0.1, -0.05) is 17.7 Å². The van der Waals surface area contributed by atoms with Crippen LogP contribution in [-0.2, 0) is 21.3 Å². The van der Waals surface area contributed by atoms with Gasteiger partial charge in [-0.2, -0.15) is 4.31 Å². The smallest absolute Gasteiger partial charge is 0.319 e. The minimum atomic E-state index is -3.71. The number of halogens is 1. The molecule has 0 aromatic heterocycles. The van der Waals surface area contributed by atoms with Crippen molar-refractivity contribution in [2.75, 3.05) is 45.8 Å². The zero-order valence-electron chi connectivity index (χ0n) is 17.2. The fourth-order valence-electron chi connectivity index (χ4n) is 3.04. The molecular formula is C20H24ClN3O6S. The summed E-state index contributed by atoms with van der Waals surface area (Å²) in [6.07, 6.45) is 0. The lowest BCUT2D eigenvalue weighted by Gasteiger charge is -2.26. The molecule has 0 radical (unpaired) electrons. The lowest BCUT2D eigenvalue weighted by molar-refractivity contribution is 0.0730. The minimum Gasteiger partial charge on any atom is -0.493 e. The number of carbonyl (C=O) groups is 1. The maximum atomic E-state index is 12.8. The van der Waals surface area contributed by atoms with E-state index in [0.717, 1.165) is 5.56 Å². The molecule has 0 unspecified atom stereocenters. The molecule has 1 saturated heterocycles. The molecule has 0 atom stereocenters. The summed E-state index contributed by atoms with van der Waals surface area (Å²) in [6.45, 7) is 1.46. The van der Waals surface area contributed by atoms with Crippen LogP contribution in [0.5, 0.6) is 11.5 Å². The zero-order chi connectivity index (χ0) is 22.4. The molecule has 0 spiro atoms. The van der Waals surface area contributed by atoms with Crippen LogP contribution in [0, 0.1) is 0 Å². The van der Waals surface area contributed by atoms with Gasteiger partial charge in [-0.3, -0.25) is 0 Å². The van der Waals surface area contributed by atoms with Crippen LogP contribution in [0.3, 0.4) is 0 Å². The van der Waals surface area contributed by atoms with E-state index < -0.39 is 16.1 Å². The highest BCUT2D eigenvalue weighted by molar-refractivity contribution is 7.89. The van der Waals surface area contributed by atoms with Gasteiger partial charge in [0.25, 0.3) is 0 Å². The number of nitrogens with zero attached hydrogens (tertiary/aromatic N) is 1. The third kappa shape index (κ3) is 5.59. The first-order valence-electron chi connectivity index (χ1n) is 9.48. The Kier molecular flexibility index (Phi) is 7.60. The molecule has 168 valence electrons. The number of hydrogen-bond donors (Lipinski definition) is 2. The van der Waals surface area contributed by atoms with Gasteiger partial charge < -0.3 is 24.8 Å². The van der Waals surface area contributed by atoms with E-state index in [2.05, 4.69) is 10.6 Å². The summed E-state index contributed by atoms with van der Waals surface area (Å²) in [7, 11) is -0.638. The predicted octanol–water partition coefficient (Wildman–Crippen LogP) is 2.70. The quantitative estimate of drug-likeness (QED) is 0.645. The van der Waals surface area contributed by atoms with E-state index in [4.69, 9.17) is 25.8 Å². The number of methoxy groups -OCH3 is 2. The van der Waals surface area contributed by atoms with Crippen molar-refractivity contribution in [3.63, 3.8) is 0 Å². The predicted molar refractivity (Wildman–Crippen MR) is 116 cm³/mol. The zero-order valence-corrected chi connectivity index (χ0v) is 18.8. The number of ether oxygens (including phenoxy) is 3. The molecule has 0 saturated carbocycles. The van der Waals surface area contributed by atoms with Gasteiger partial charge in [0.1, 0.15) is 0 Å². The highest BCUT2D eigenvalue weighted by atomic mass is 35.5. The Morgan fingerprint density at radius 3 is 2.48 bits per heavy atom. The van der Waals surface area contributed by atoms with E-state index in [1.807, 2.05) is 0 Å². The standard InChI is InChI=1S/C20H24ClN3O6S/c1-28-18-6-3-14(11-19(18)29-2)13-22-20(25)23-17-12-15(4-5-16(17)21)31(26,27)24-7-9-30-10-8-24/h3-6,11-12H,7-10,13H2,1-2H3,(H2,22,23,25). The van der Waals surface area contributed by atoms with Crippen molar-refractivity contribution >= 4 is 33.3 Å². The number of morpholine rings is 1. The Hall–Kier alpha value is -2.53. The van der Waals surface area contributed by atoms with E-state index >= 15 is 0 Å². The fraction of sp³-hybridized carbons (Fsp3) is 0.350. The Morgan fingerprint density at radius 2 is 1.81 bits per heavy atom. The highest BCUT2D eigenvalue weighted by Gasteiger charge is 2.27. The first-order chi connectivity index (χ1) is 14.8. The molecule has 3 rings (SSSR count). The van der Waals surface area contributed by atoms with Gasteiger partial charge in [0.05, 0.1) is 43.0 Å². The van der Waals surface area contributed by atoms with Gasteiger partial charge >= 0.3 is 6.03 Å². The third-order valence-corrected chi connectivity index (χ3v) is 6.92. The second-order valence-electron chi connectivity index (χ2n) is 6.66. The molecule has 0 aliphatic carbocycles. The Balaban J connectivity index is 1.68. The lowest BCUT2D eigenvalue weighted by Crippen LogP contribution is -2.40. The van der Waals surface area contributed by atoms with Crippen LogP contribution < -0.4 is 20.1 Å². The number of rotatable bonds is 7. The van der Waals surface area contributed by atoms with Crippen molar-refractivity contribution in [2.24, 2.45) is 0 Å². The van der Waals surface area contributed by atoms with Crippen molar-refractivity contribution in [2.45, 2.75) is 11.4 Å². The normalized spacial score (nSPS) is 14.7. The molecule has 1 aliphatic rings. The van der Waals surface area contributed by atoms with Crippen molar-refractivity contribution in [1.29, 1.82) is 0 Å². The summed E-state index contributed by atoms with van der Waals surface area (Å²) in [6, 6.07) is 8.97. The van der Waals surface area contributed by atoms with E-state index in [9.17, 15) is 13.2 Å². The molecule has 2 aromatic carbocycles. The summed E-state index contributed by atoms with van der Waals surface area (Å²) >= 11 is 6.16. The fourth-order valence-corrected chi connectivity index (χ4v) is 4.64. The molecule has 0 bridgehead atoms. The Morgan fingerprint density at radius 1 is 1.10 bits per heavy atom. The van der Waals surface area contributed by atoms with Gasteiger partial charge in [-0.05, 0) is 35.9 Å². The van der Waals surface area contributed by atoms with Crippen molar-refractivity contribution in [3.8, 4) is 11.5 Å². The van der Waals surface area contributed by atoms with Crippen molar-refractivity contribution in [3.05, 3.63) is 47.0 Å². The molecular weight excluding hydrogens is 446 g/mol. The van der Waals surface area contributed by atoms with Gasteiger partial charge in [0.2, 0.25) is 10.0 Å². The number of benzene rings is 2. The van der Waals surface area contributed by atoms with E-state index in [-0.39, 0.29) is 35.2 Å². The van der Waals surface area contributed by atoms with Gasteiger partial charge in [-0.25, -0.2) is 13.2 Å². The molecule has 1 aliphatic heterocycles. The molecule has 2 N–H and O–H groups in total. The number of sulfonamides is 1. The third-order valence-electron chi connectivity index (χ3n) is 4.69.